The number of aryl methyl sites for hydroxylation is 1. The molecule has 6 nitrogen and oxygen atoms in total. The molecule has 0 aliphatic rings. The minimum atomic E-state index is -0.398. The number of rotatable bonds is 3. The van der Waals surface area contributed by atoms with Crippen LogP contribution in [0, 0.1) is 6.92 Å². The van der Waals surface area contributed by atoms with Gasteiger partial charge in [-0.25, -0.2) is 4.68 Å². The number of nitrogens with two attached hydrogens (primary N) is 2. The Bertz CT molecular complexity index is 323. The second-order valence-corrected chi connectivity index (χ2v) is 3.87. The number of hydrogen-bond donors (Lipinski definition) is 2. The van der Waals surface area contributed by atoms with Gasteiger partial charge in [0.05, 0.1) is 5.25 Å². The summed E-state index contributed by atoms with van der Waals surface area (Å²) in [4.78, 5) is 10.7. The fourth-order valence-corrected chi connectivity index (χ4v) is 1.41. The number of amides is 1. The van der Waals surface area contributed by atoms with Crippen molar-refractivity contribution in [1.29, 1.82) is 0 Å². The van der Waals surface area contributed by atoms with Crippen molar-refractivity contribution >= 4 is 17.7 Å². The van der Waals surface area contributed by atoms with E-state index in [0.29, 0.717) is 11.0 Å². The normalized spacial score (nSPS) is 12.8. The van der Waals surface area contributed by atoms with Crippen LogP contribution in [-0.4, -0.2) is 26.0 Å². The molecule has 4 N–H and O–H groups in total. The summed E-state index contributed by atoms with van der Waals surface area (Å²) < 4.78 is 1.32. The summed E-state index contributed by atoms with van der Waals surface area (Å²) in [6, 6.07) is 0. The number of primary amides is 1. The standard InChI is InChI=1S/C6H11N5OS/c1-3(5(7)12)13-6-10-9-4(2)11(6)8/h3H,8H2,1-2H3,(H2,7,12)/t3-/m0/s1. The number of nitrogen functional groups attached to an aromatic ring is 1. The molecule has 1 heterocycles. The average Bonchev–Trinajstić information content (AvgIpc) is 2.36. The topological polar surface area (TPSA) is 99.8 Å². The van der Waals surface area contributed by atoms with Gasteiger partial charge < -0.3 is 11.6 Å². The molecule has 1 aromatic heterocycles. The molecule has 0 aliphatic carbocycles. The maximum Gasteiger partial charge on any atom is 0.230 e. The fraction of sp³-hybridized carbons (Fsp3) is 0.500. The summed E-state index contributed by atoms with van der Waals surface area (Å²) in [6.07, 6.45) is 0. The van der Waals surface area contributed by atoms with E-state index in [0.717, 1.165) is 0 Å². The molecule has 0 saturated carbocycles. The minimum Gasteiger partial charge on any atom is -0.369 e. The number of nitrogens with zero attached hydrogens (tertiary/aromatic N) is 3. The molecular formula is C6H11N5OS. The molecule has 72 valence electrons. The number of aromatic nitrogens is 3. The van der Waals surface area contributed by atoms with Crippen LogP contribution in [0.15, 0.2) is 5.16 Å². The second kappa shape index (κ2) is 3.65. The zero-order valence-corrected chi connectivity index (χ0v) is 8.21. The summed E-state index contributed by atoms with van der Waals surface area (Å²) in [5.41, 5.74) is 5.08. The van der Waals surface area contributed by atoms with Gasteiger partial charge in [-0.15, -0.1) is 10.2 Å². The Morgan fingerprint density at radius 1 is 1.62 bits per heavy atom. The Morgan fingerprint density at radius 2 is 2.23 bits per heavy atom. The van der Waals surface area contributed by atoms with E-state index in [-0.39, 0.29) is 5.25 Å². The molecule has 1 rings (SSSR count). The lowest BCUT2D eigenvalue weighted by atomic mass is 10.5. The summed E-state index contributed by atoms with van der Waals surface area (Å²) >= 11 is 1.19. The van der Waals surface area contributed by atoms with Crippen LogP contribution in [-0.2, 0) is 4.79 Å². The van der Waals surface area contributed by atoms with Crippen LogP contribution < -0.4 is 11.6 Å². The first-order chi connectivity index (χ1) is 6.02. The van der Waals surface area contributed by atoms with E-state index in [9.17, 15) is 4.79 Å². The lowest BCUT2D eigenvalue weighted by Gasteiger charge is -2.05. The molecule has 1 aromatic rings. The summed E-state index contributed by atoms with van der Waals surface area (Å²) in [7, 11) is 0. The van der Waals surface area contributed by atoms with Crippen molar-refractivity contribution < 1.29 is 4.79 Å². The Morgan fingerprint density at radius 3 is 2.62 bits per heavy atom. The van der Waals surface area contributed by atoms with E-state index >= 15 is 0 Å². The maximum atomic E-state index is 10.7. The van der Waals surface area contributed by atoms with Crippen molar-refractivity contribution in [3.05, 3.63) is 5.82 Å². The molecule has 0 fully saturated rings. The maximum absolute atomic E-state index is 10.7. The first kappa shape index (κ1) is 9.85. The smallest absolute Gasteiger partial charge is 0.230 e. The molecule has 0 bridgehead atoms. The largest absolute Gasteiger partial charge is 0.369 e. The predicted molar refractivity (Wildman–Crippen MR) is 49.4 cm³/mol. The van der Waals surface area contributed by atoms with E-state index in [1.54, 1.807) is 13.8 Å². The summed E-state index contributed by atoms with van der Waals surface area (Å²) in [5.74, 6) is 5.77. The van der Waals surface area contributed by atoms with Gasteiger partial charge in [-0.2, -0.15) is 0 Å². The van der Waals surface area contributed by atoms with Crippen LogP contribution in [0.4, 0.5) is 0 Å². The zero-order chi connectivity index (χ0) is 10.0. The SMILES string of the molecule is Cc1nnc(S[C@@H](C)C(N)=O)n1N. The van der Waals surface area contributed by atoms with Gasteiger partial charge in [0.1, 0.15) is 5.82 Å². The van der Waals surface area contributed by atoms with Crippen molar-refractivity contribution in [3.63, 3.8) is 0 Å². The molecule has 0 aromatic carbocycles. The highest BCUT2D eigenvalue weighted by Gasteiger charge is 2.15. The second-order valence-electron chi connectivity index (χ2n) is 2.56. The average molecular weight is 201 g/mol. The van der Waals surface area contributed by atoms with Gasteiger partial charge in [0.2, 0.25) is 11.1 Å². The zero-order valence-electron chi connectivity index (χ0n) is 7.39. The Balaban J connectivity index is 2.74. The van der Waals surface area contributed by atoms with Gasteiger partial charge in [0.15, 0.2) is 0 Å². The van der Waals surface area contributed by atoms with Crippen LogP contribution >= 0.6 is 11.8 Å². The summed E-state index contributed by atoms with van der Waals surface area (Å²) in [6.45, 7) is 3.42. The van der Waals surface area contributed by atoms with Crippen LogP contribution in [0.2, 0.25) is 0 Å². The quantitative estimate of drug-likeness (QED) is 0.496. The van der Waals surface area contributed by atoms with Crippen LogP contribution in [0.1, 0.15) is 12.7 Å². The number of hydrogen-bond acceptors (Lipinski definition) is 5. The van der Waals surface area contributed by atoms with Crippen molar-refractivity contribution in [2.45, 2.75) is 24.3 Å². The van der Waals surface area contributed by atoms with E-state index in [1.165, 1.54) is 16.4 Å². The lowest BCUT2D eigenvalue weighted by molar-refractivity contribution is -0.117. The Hall–Kier alpha value is -1.24. The third-order valence-corrected chi connectivity index (χ3v) is 2.59. The number of carbonyl (C=O) groups is 1. The molecule has 7 heteroatoms. The Labute approximate surface area is 79.7 Å². The highest BCUT2D eigenvalue weighted by molar-refractivity contribution is 8.00. The van der Waals surface area contributed by atoms with E-state index in [4.69, 9.17) is 11.6 Å². The first-order valence-electron chi connectivity index (χ1n) is 3.65. The van der Waals surface area contributed by atoms with Crippen molar-refractivity contribution in [3.8, 4) is 0 Å². The lowest BCUT2D eigenvalue weighted by Crippen LogP contribution is -2.23. The molecule has 0 radical (unpaired) electrons. The number of carbonyl (C=O) groups excluding carboxylic acids is 1. The molecule has 13 heavy (non-hydrogen) atoms. The predicted octanol–water partition coefficient (Wildman–Crippen LogP) is -0.734. The number of thioether (sulfide) groups is 1. The van der Waals surface area contributed by atoms with Gasteiger partial charge >= 0.3 is 0 Å². The molecule has 0 aliphatic heterocycles. The highest BCUT2D eigenvalue weighted by atomic mass is 32.2. The van der Waals surface area contributed by atoms with Gasteiger partial charge in [0.25, 0.3) is 0 Å². The highest BCUT2D eigenvalue weighted by Crippen LogP contribution is 2.19. The van der Waals surface area contributed by atoms with E-state index < -0.39 is 5.91 Å². The first-order valence-corrected chi connectivity index (χ1v) is 4.53. The third-order valence-electron chi connectivity index (χ3n) is 1.52. The summed E-state index contributed by atoms with van der Waals surface area (Å²) in [5, 5.41) is 7.66. The van der Waals surface area contributed by atoms with Crippen LogP contribution in [0.3, 0.4) is 0 Å². The van der Waals surface area contributed by atoms with Gasteiger partial charge in [-0.05, 0) is 13.8 Å². The van der Waals surface area contributed by atoms with Crippen molar-refractivity contribution in [2.75, 3.05) is 5.84 Å². The monoisotopic (exact) mass is 201 g/mol. The van der Waals surface area contributed by atoms with Gasteiger partial charge in [0, 0.05) is 0 Å². The molecular weight excluding hydrogens is 190 g/mol. The van der Waals surface area contributed by atoms with Crippen LogP contribution in [0.5, 0.6) is 0 Å². The van der Waals surface area contributed by atoms with E-state index in [1.807, 2.05) is 0 Å². The fourth-order valence-electron chi connectivity index (χ4n) is 0.646. The van der Waals surface area contributed by atoms with Crippen molar-refractivity contribution in [1.82, 2.24) is 14.9 Å². The van der Waals surface area contributed by atoms with E-state index in [2.05, 4.69) is 10.2 Å². The Kier molecular flexibility index (Phi) is 2.76. The third kappa shape index (κ3) is 2.11. The minimum absolute atomic E-state index is 0.356. The van der Waals surface area contributed by atoms with Gasteiger partial charge in [-0.3, -0.25) is 4.79 Å². The van der Waals surface area contributed by atoms with Crippen LogP contribution in [0.25, 0.3) is 0 Å². The van der Waals surface area contributed by atoms with Crippen molar-refractivity contribution in [2.24, 2.45) is 5.73 Å². The molecule has 0 unspecified atom stereocenters. The van der Waals surface area contributed by atoms with Gasteiger partial charge in [-0.1, -0.05) is 11.8 Å². The molecule has 0 spiro atoms. The molecule has 0 saturated heterocycles. The molecule has 1 amide bonds. The molecule has 1 atom stereocenters.